The van der Waals surface area contributed by atoms with Gasteiger partial charge in [0.05, 0.1) is 5.56 Å². The Hall–Kier alpha value is -1.92. The van der Waals surface area contributed by atoms with Crippen LogP contribution in [0.15, 0.2) is 46.9 Å². The third-order valence-electron chi connectivity index (χ3n) is 2.48. The maximum atomic E-state index is 10.6. The highest BCUT2D eigenvalue weighted by atomic mass is 79.9. The molecule has 0 saturated heterocycles. The van der Waals surface area contributed by atoms with Crippen LogP contribution in [0.4, 0.5) is 0 Å². The number of halogens is 1. The van der Waals surface area contributed by atoms with Crippen LogP contribution in [0, 0.1) is 11.3 Å². The summed E-state index contributed by atoms with van der Waals surface area (Å²) in [5.74, 6) is 0. The third-order valence-corrected chi connectivity index (χ3v) is 3.14. The average Bonchev–Trinajstić information content (AvgIpc) is 2.38. The van der Waals surface area contributed by atoms with Gasteiger partial charge in [0, 0.05) is 15.6 Å². The molecular weight excluding hydrogens is 278 g/mol. The third kappa shape index (κ3) is 2.27. The SMILES string of the molecule is N#Cc1c(Br)cccc1-c1ccc(C=O)cc1. The number of nitrogens with zero attached hydrogens (tertiary/aromatic N) is 1. The summed E-state index contributed by atoms with van der Waals surface area (Å²) in [5, 5.41) is 9.13. The molecule has 17 heavy (non-hydrogen) atoms. The Balaban J connectivity index is 2.57. The van der Waals surface area contributed by atoms with Gasteiger partial charge in [-0.3, -0.25) is 4.79 Å². The second-order valence-electron chi connectivity index (χ2n) is 3.51. The van der Waals surface area contributed by atoms with Crippen molar-refractivity contribution in [2.75, 3.05) is 0 Å². The number of nitriles is 1. The summed E-state index contributed by atoms with van der Waals surface area (Å²) in [6.07, 6.45) is 0.801. The zero-order valence-electron chi connectivity index (χ0n) is 8.85. The maximum Gasteiger partial charge on any atom is 0.150 e. The molecule has 0 unspecified atom stereocenters. The van der Waals surface area contributed by atoms with Crippen molar-refractivity contribution < 1.29 is 4.79 Å². The first kappa shape index (κ1) is 11.6. The summed E-state index contributed by atoms with van der Waals surface area (Å²) >= 11 is 3.35. The van der Waals surface area contributed by atoms with Gasteiger partial charge in [-0.1, -0.05) is 36.4 Å². The lowest BCUT2D eigenvalue weighted by Gasteiger charge is -2.05. The maximum absolute atomic E-state index is 10.6. The van der Waals surface area contributed by atoms with Gasteiger partial charge in [-0.15, -0.1) is 0 Å². The highest BCUT2D eigenvalue weighted by molar-refractivity contribution is 9.10. The van der Waals surface area contributed by atoms with Crippen LogP contribution in [0.1, 0.15) is 15.9 Å². The van der Waals surface area contributed by atoms with E-state index in [2.05, 4.69) is 22.0 Å². The number of carbonyl (C=O) groups is 1. The van der Waals surface area contributed by atoms with Gasteiger partial charge in [0.25, 0.3) is 0 Å². The molecule has 3 heteroatoms. The van der Waals surface area contributed by atoms with Crippen LogP contribution in [0.25, 0.3) is 11.1 Å². The van der Waals surface area contributed by atoms with Gasteiger partial charge in [-0.05, 0) is 27.6 Å². The van der Waals surface area contributed by atoms with E-state index in [0.717, 1.165) is 21.9 Å². The van der Waals surface area contributed by atoms with Gasteiger partial charge in [0.2, 0.25) is 0 Å². The Morgan fingerprint density at radius 3 is 2.41 bits per heavy atom. The minimum Gasteiger partial charge on any atom is -0.298 e. The number of benzene rings is 2. The van der Waals surface area contributed by atoms with Crippen LogP contribution < -0.4 is 0 Å². The first-order valence-corrected chi connectivity index (χ1v) is 5.80. The first-order valence-electron chi connectivity index (χ1n) is 5.00. The normalized spacial score (nSPS) is 9.65. The van der Waals surface area contributed by atoms with Crippen molar-refractivity contribution in [3.8, 4) is 17.2 Å². The molecule has 0 spiro atoms. The second-order valence-corrected chi connectivity index (χ2v) is 4.37. The Kier molecular flexibility index (Phi) is 3.36. The quantitative estimate of drug-likeness (QED) is 0.788. The predicted octanol–water partition coefficient (Wildman–Crippen LogP) is 3.80. The topological polar surface area (TPSA) is 40.9 Å². The van der Waals surface area contributed by atoms with Crippen LogP contribution in [0.2, 0.25) is 0 Å². The summed E-state index contributed by atoms with van der Waals surface area (Å²) < 4.78 is 0.775. The van der Waals surface area contributed by atoms with Crippen molar-refractivity contribution in [1.29, 1.82) is 5.26 Å². The number of hydrogen-bond acceptors (Lipinski definition) is 2. The molecule has 0 aliphatic carbocycles. The molecular formula is C14H8BrNO. The number of rotatable bonds is 2. The number of hydrogen-bond donors (Lipinski definition) is 0. The van der Waals surface area contributed by atoms with Crippen LogP contribution >= 0.6 is 15.9 Å². The molecule has 0 radical (unpaired) electrons. The van der Waals surface area contributed by atoms with E-state index in [-0.39, 0.29) is 0 Å². The van der Waals surface area contributed by atoms with E-state index < -0.39 is 0 Å². The van der Waals surface area contributed by atoms with Crippen LogP contribution in [-0.4, -0.2) is 6.29 Å². The molecule has 0 bridgehead atoms. The largest absolute Gasteiger partial charge is 0.298 e. The molecule has 2 aromatic carbocycles. The van der Waals surface area contributed by atoms with Gasteiger partial charge in [-0.25, -0.2) is 0 Å². The standard InChI is InChI=1S/C14H8BrNO/c15-14-3-1-2-12(13(14)8-16)11-6-4-10(9-17)5-7-11/h1-7,9H. The Bertz CT molecular complexity index is 597. The number of aldehydes is 1. The molecule has 2 nitrogen and oxygen atoms in total. The van der Waals surface area contributed by atoms with Crippen molar-refractivity contribution in [3.05, 3.63) is 58.1 Å². The molecule has 0 aliphatic rings. The molecule has 2 rings (SSSR count). The molecule has 0 aromatic heterocycles. The fourth-order valence-electron chi connectivity index (χ4n) is 1.62. The average molecular weight is 286 g/mol. The highest BCUT2D eigenvalue weighted by Crippen LogP contribution is 2.28. The van der Waals surface area contributed by atoms with Gasteiger partial charge in [0.15, 0.2) is 0 Å². The summed E-state index contributed by atoms with van der Waals surface area (Å²) in [7, 11) is 0. The molecule has 0 amide bonds. The Morgan fingerprint density at radius 1 is 1.12 bits per heavy atom. The minimum absolute atomic E-state index is 0.603. The lowest BCUT2D eigenvalue weighted by atomic mass is 9.99. The fraction of sp³-hybridized carbons (Fsp3) is 0. The monoisotopic (exact) mass is 285 g/mol. The molecule has 0 aliphatic heterocycles. The lowest BCUT2D eigenvalue weighted by Crippen LogP contribution is -1.86. The first-order chi connectivity index (χ1) is 8.26. The zero-order valence-corrected chi connectivity index (χ0v) is 10.4. The molecule has 0 heterocycles. The van der Waals surface area contributed by atoms with E-state index in [9.17, 15) is 4.79 Å². The summed E-state index contributed by atoms with van der Waals surface area (Å²) in [6.45, 7) is 0. The molecule has 82 valence electrons. The lowest BCUT2D eigenvalue weighted by molar-refractivity contribution is 0.112. The van der Waals surface area contributed by atoms with Gasteiger partial charge in [-0.2, -0.15) is 5.26 Å². The molecule has 0 fully saturated rings. The van der Waals surface area contributed by atoms with E-state index in [1.165, 1.54) is 0 Å². The Labute approximate surface area is 108 Å². The molecule has 0 atom stereocenters. The van der Waals surface area contributed by atoms with E-state index in [0.29, 0.717) is 11.1 Å². The zero-order chi connectivity index (χ0) is 12.3. The van der Waals surface area contributed by atoms with E-state index in [1.54, 1.807) is 12.1 Å². The van der Waals surface area contributed by atoms with Crippen molar-refractivity contribution in [3.63, 3.8) is 0 Å². The van der Waals surface area contributed by atoms with Gasteiger partial charge in [0.1, 0.15) is 12.4 Å². The molecule has 0 N–H and O–H groups in total. The van der Waals surface area contributed by atoms with E-state index in [1.807, 2.05) is 30.3 Å². The van der Waals surface area contributed by atoms with Crippen LogP contribution in [-0.2, 0) is 0 Å². The van der Waals surface area contributed by atoms with Crippen molar-refractivity contribution in [1.82, 2.24) is 0 Å². The van der Waals surface area contributed by atoms with E-state index in [4.69, 9.17) is 5.26 Å². The van der Waals surface area contributed by atoms with Crippen LogP contribution in [0.5, 0.6) is 0 Å². The summed E-state index contributed by atoms with van der Waals surface area (Å²) in [5.41, 5.74) is 3.02. The van der Waals surface area contributed by atoms with Crippen molar-refractivity contribution in [2.45, 2.75) is 0 Å². The minimum atomic E-state index is 0.603. The smallest absolute Gasteiger partial charge is 0.150 e. The van der Waals surface area contributed by atoms with Crippen LogP contribution in [0.3, 0.4) is 0 Å². The summed E-state index contributed by atoms with van der Waals surface area (Å²) in [4.78, 5) is 10.6. The second kappa shape index (κ2) is 4.94. The number of carbonyl (C=O) groups excluding carboxylic acids is 1. The van der Waals surface area contributed by atoms with Gasteiger partial charge >= 0.3 is 0 Å². The predicted molar refractivity (Wildman–Crippen MR) is 69.7 cm³/mol. The van der Waals surface area contributed by atoms with Gasteiger partial charge < -0.3 is 0 Å². The van der Waals surface area contributed by atoms with E-state index >= 15 is 0 Å². The molecule has 0 saturated carbocycles. The Morgan fingerprint density at radius 2 is 1.82 bits per heavy atom. The highest BCUT2D eigenvalue weighted by Gasteiger charge is 2.07. The summed E-state index contributed by atoms with van der Waals surface area (Å²) in [6, 6.07) is 14.9. The van der Waals surface area contributed by atoms with Crippen molar-refractivity contribution in [2.24, 2.45) is 0 Å². The molecule has 2 aromatic rings. The fourth-order valence-corrected chi connectivity index (χ4v) is 2.07. The van der Waals surface area contributed by atoms with Crippen molar-refractivity contribution >= 4 is 22.2 Å².